The number of hydrogen-bond donors (Lipinski definition) is 1. The van der Waals surface area contributed by atoms with Crippen LogP contribution in [0.4, 0.5) is 10.5 Å². The SMILES string of the molecule is N#Cc1cccc(C(OC(=O)N(c2ccccc2)C2CCNCC2)C(c2cccnc2)c2cccnc2)c1. The van der Waals surface area contributed by atoms with E-state index in [2.05, 4.69) is 21.4 Å². The van der Waals surface area contributed by atoms with Gasteiger partial charge in [-0.05, 0) is 79.0 Å². The van der Waals surface area contributed by atoms with Gasteiger partial charge in [-0.1, -0.05) is 42.5 Å². The summed E-state index contributed by atoms with van der Waals surface area (Å²) < 4.78 is 6.48. The van der Waals surface area contributed by atoms with Gasteiger partial charge in [-0.3, -0.25) is 14.9 Å². The van der Waals surface area contributed by atoms with Gasteiger partial charge in [0, 0.05) is 36.5 Å². The minimum Gasteiger partial charge on any atom is -0.440 e. The van der Waals surface area contributed by atoms with E-state index >= 15 is 0 Å². The van der Waals surface area contributed by atoms with Gasteiger partial charge in [0.15, 0.2) is 0 Å². The maximum Gasteiger partial charge on any atom is 0.415 e. The van der Waals surface area contributed by atoms with Gasteiger partial charge in [0.1, 0.15) is 6.10 Å². The van der Waals surface area contributed by atoms with Crippen molar-refractivity contribution < 1.29 is 9.53 Å². The number of amides is 1. The highest BCUT2D eigenvalue weighted by Crippen LogP contribution is 2.40. The van der Waals surface area contributed by atoms with Gasteiger partial charge in [-0.25, -0.2) is 4.79 Å². The van der Waals surface area contributed by atoms with E-state index in [9.17, 15) is 10.1 Å². The van der Waals surface area contributed by atoms with Crippen LogP contribution in [0, 0.1) is 11.3 Å². The normalized spacial score (nSPS) is 14.4. The third-order valence-electron chi connectivity index (χ3n) is 6.87. The minimum absolute atomic E-state index is 0.00692. The quantitative estimate of drug-likeness (QED) is 0.352. The lowest BCUT2D eigenvalue weighted by Gasteiger charge is -2.36. The van der Waals surface area contributed by atoms with Crippen LogP contribution in [0.1, 0.15) is 47.1 Å². The third-order valence-corrected chi connectivity index (χ3v) is 6.87. The average Bonchev–Trinajstić information content (AvgIpc) is 2.99. The van der Waals surface area contributed by atoms with Gasteiger partial charge in [0.05, 0.1) is 17.6 Å². The zero-order valence-corrected chi connectivity index (χ0v) is 21.0. The van der Waals surface area contributed by atoms with Crippen molar-refractivity contribution >= 4 is 11.8 Å². The van der Waals surface area contributed by atoms with Crippen molar-refractivity contribution in [1.82, 2.24) is 15.3 Å². The van der Waals surface area contributed by atoms with Crippen LogP contribution in [0.3, 0.4) is 0 Å². The largest absolute Gasteiger partial charge is 0.440 e. The molecule has 0 bridgehead atoms. The summed E-state index contributed by atoms with van der Waals surface area (Å²) in [6, 6.07) is 26.8. The average molecular weight is 504 g/mol. The summed E-state index contributed by atoms with van der Waals surface area (Å²) in [7, 11) is 0. The van der Waals surface area contributed by atoms with Gasteiger partial charge in [0.25, 0.3) is 0 Å². The molecule has 7 heteroatoms. The standard InChI is InChI=1S/C31H29N5O2/c32-20-23-7-4-8-24(19-23)30(29(25-9-5-15-34-21-25)26-10-6-16-35-22-26)38-31(37)36(27-11-2-1-3-12-27)28-13-17-33-18-14-28/h1-12,15-16,19,21-22,28-30,33H,13-14,17-18H2. The van der Waals surface area contributed by atoms with Gasteiger partial charge in [-0.2, -0.15) is 5.26 Å². The molecule has 190 valence electrons. The Balaban J connectivity index is 1.60. The van der Waals surface area contributed by atoms with E-state index in [0.717, 1.165) is 48.3 Å². The molecular weight excluding hydrogens is 474 g/mol. The topological polar surface area (TPSA) is 91.1 Å². The van der Waals surface area contributed by atoms with Gasteiger partial charge in [0.2, 0.25) is 0 Å². The Labute approximate surface area is 222 Å². The summed E-state index contributed by atoms with van der Waals surface area (Å²) >= 11 is 0. The van der Waals surface area contributed by atoms with E-state index in [-0.39, 0.29) is 12.0 Å². The lowest BCUT2D eigenvalue weighted by molar-refractivity contribution is 0.0914. The maximum atomic E-state index is 14.1. The van der Waals surface area contributed by atoms with Crippen LogP contribution in [-0.2, 0) is 4.74 Å². The van der Waals surface area contributed by atoms with Crippen molar-refractivity contribution in [3.05, 3.63) is 126 Å². The summed E-state index contributed by atoms with van der Waals surface area (Å²) in [4.78, 5) is 24.6. The highest BCUT2D eigenvalue weighted by Gasteiger charge is 2.35. The molecule has 1 amide bonds. The van der Waals surface area contributed by atoms with Gasteiger partial charge in [-0.15, -0.1) is 0 Å². The van der Waals surface area contributed by atoms with Crippen molar-refractivity contribution in [3.8, 4) is 6.07 Å². The Morgan fingerprint density at radius 1 is 0.895 bits per heavy atom. The lowest BCUT2D eigenvalue weighted by atomic mass is 9.84. The van der Waals surface area contributed by atoms with Crippen LogP contribution < -0.4 is 10.2 Å². The number of hydrogen-bond acceptors (Lipinski definition) is 6. The number of aromatic nitrogens is 2. The van der Waals surface area contributed by atoms with Crippen LogP contribution in [0.5, 0.6) is 0 Å². The number of carbonyl (C=O) groups is 1. The molecule has 1 atom stereocenters. The molecule has 1 fully saturated rings. The fourth-order valence-corrected chi connectivity index (χ4v) is 5.06. The summed E-state index contributed by atoms with van der Waals surface area (Å²) in [6.45, 7) is 1.67. The molecule has 1 aliphatic rings. The number of benzene rings is 2. The predicted molar refractivity (Wildman–Crippen MR) is 146 cm³/mol. The number of para-hydroxylation sites is 1. The van der Waals surface area contributed by atoms with E-state index in [1.54, 1.807) is 41.8 Å². The summed E-state index contributed by atoms with van der Waals surface area (Å²) in [5.41, 5.74) is 3.79. The van der Waals surface area contributed by atoms with Crippen molar-refractivity contribution in [2.75, 3.05) is 18.0 Å². The number of anilines is 1. The molecule has 38 heavy (non-hydrogen) atoms. The molecule has 3 heterocycles. The Morgan fingerprint density at radius 3 is 2.16 bits per heavy atom. The van der Waals surface area contributed by atoms with Crippen molar-refractivity contribution in [3.63, 3.8) is 0 Å². The molecule has 0 saturated carbocycles. The monoisotopic (exact) mass is 503 g/mol. The first-order valence-electron chi connectivity index (χ1n) is 12.8. The molecule has 0 radical (unpaired) electrons. The maximum absolute atomic E-state index is 14.1. The second kappa shape index (κ2) is 12.1. The van der Waals surface area contributed by atoms with E-state index in [1.165, 1.54) is 0 Å². The number of piperidine rings is 1. The van der Waals surface area contributed by atoms with E-state index in [1.807, 2.05) is 66.7 Å². The molecular formula is C31H29N5O2. The molecule has 5 rings (SSSR count). The molecule has 1 unspecified atom stereocenters. The Hall–Kier alpha value is -4.54. The smallest absolute Gasteiger partial charge is 0.415 e. The first kappa shape index (κ1) is 25.1. The van der Waals surface area contributed by atoms with Crippen LogP contribution in [0.15, 0.2) is 104 Å². The summed E-state index contributed by atoms with van der Waals surface area (Å²) in [5.74, 6) is -0.388. The highest BCUT2D eigenvalue weighted by atomic mass is 16.6. The highest BCUT2D eigenvalue weighted by molar-refractivity contribution is 5.88. The van der Waals surface area contributed by atoms with E-state index in [0.29, 0.717) is 5.56 Å². The number of carbonyl (C=O) groups excluding carboxylic acids is 1. The van der Waals surface area contributed by atoms with E-state index in [4.69, 9.17) is 4.74 Å². The van der Waals surface area contributed by atoms with Gasteiger partial charge < -0.3 is 10.1 Å². The van der Waals surface area contributed by atoms with Crippen molar-refractivity contribution in [1.29, 1.82) is 5.26 Å². The number of nitrogens with one attached hydrogen (secondary N) is 1. The first-order chi connectivity index (χ1) is 18.7. The number of pyridine rings is 2. The molecule has 0 spiro atoms. The molecule has 1 aliphatic heterocycles. The first-order valence-corrected chi connectivity index (χ1v) is 12.8. The number of nitrogens with zero attached hydrogens (tertiary/aromatic N) is 4. The number of rotatable bonds is 7. The van der Waals surface area contributed by atoms with E-state index < -0.39 is 12.2 Å². The molecule has 2 aromatic heterocycles. The Kier molecular flexibility index (Phi) is 8.02. The molecule has 1 saturated heterocycles. The van der Waals surface area contributed by atoms with Crippen LogP contribution in [-0.4, -0.2) is 35.2 Å². The lowest BCUT2D eigenvalue weighted by Crippen LogP contribution is -2.47. The fourth-order valence-electron chi connectivity index (χ4n) is 5.06. The second-order valence-electron chi connectivity index (χ2n) is 9.28. The number of nitriles is 1. The Morgan fingerprint density at radius 2 is 1.55 bits per heavy atom. The molecule has 2 aromatic carbocycles. The minimum atomic E-state index is -0.725. The molecule has 1 N–H and O–H groups in total. The van der Waals surface area contributed by atoms with Crippen LogP contribution in [0.2, 0.25) is 0 Å². The van der Waals surface area contributed by atoms with Crippen LogP contribution in [0.25, 0.3) is 0 Å². The Bertz CT molecular complexity index is 1330. The zero-order valence-electron chi connectivity index (χ0n) is 21.0. The molecule has 0 aliphatic carbocycles. The third kappa shape index (κ3) is 5.72. The molecule has 7 nitrogen and oxygen atoms in total. The number of ether oxygens (including phenoxy) is 1. The van der Waals surface area contributed by atoms with Crippen molar-refractivity contribution in [2.45, 2.75) is 30.9 Å². The van der Waals surface area contributed by atoms with Gasteiger partial charge >= 0.3 is 6.09 Å². The summed E-state index contributed by atoms with van der Waals surface area (Å²) in [5, 5.41) is 13.0. The summed E-state index contributed by atoms with van der Waals surface area (Å²) in [6.07, 6.45) is 7.51. The second-order valence-corrected chi connectivity index (χ2v) is 9.28. The fraction of sp³-hybridized carbons (Fsp3) is 0.226. The molecule has 4 aromatic rings. The zero-order chi connectivity index (χ0) is 26.2. The van der Waals surface area contributed by atoms with Crippen molar-refractivity contribution in [2.24, 2.45) is 0 Å². The van der Waals surface area contributed by atoms with Crippen LogP contribution >= 0.6 is 0 Å². The predicted octanol–water partition coefficient (Wildman–Crippen LogP) is 5.62.